The van der Waals surface area contributed by atoms with E-state index in [4.69, 9.17) is 10.5 Å². The van der Waals surface area contributed by atoms with E-state index in [-0.39, 0.29) is 28.8 Å². The van der Waals surface area contributed by atoms with Gasteiger partial charge in [0.1, 0.15) is 0 Å². The molecule has 0 saturated carbocycles. The molecule has 0 spiro atoms. The molecule has 2 saturated heterocycles. The fourth-order valence-corrected chi connectivity index (χ4v) is 4.36. The number of nitrogen functional groups attached to an aromatic ring is 1. The Bertz CT molecular complexity index is 690. The van der Waals surface area contributed by atoms with Crippen LogP contribution in [0.1, 0.15) is 19.3 Å². The summed E-state index contributed by atoms with van der Waals surface area (Å²) in [5.41, 5.74) is 5.10. The van der Waals surface area contributed by atoms with Crippen LogP contribution in [-0.4, -0.2) is 31.6 Å². The largest absolute Gasteiger partial charge is 0.399 e. The van der Waals surface area contributed by atoms with Gasteiger partial charge in [0.2, 0.25) is 10.0 Å². The van der Waals surface area contributed by atoms with Crippen molar-refractivity contribution in [1.29, 1.82) is 0 Å². The third-order valence-electron chi connectivity index (χ3n) is 3.88. The van der Waals surface area contributed by atoms with Crippen molar-refractivity contribution in [3.8, 4) is 0 Å². The molecule has 21 heavy (non-hydrogen) atoms. The van der Waals surface area contributed by atoms with E-state index >= 15 is 0 Å². The van der Waals surface area contributed by atoms with Gasteiger partial charge in [0.15, 0.2) is 4.90 Å². The number of nitrogens with two attached hydrogens (primary N) is 1. The predicted octanol–water partition coefficient (Wildman–Crippen LogP) is 0.775. The van der Waals surface area contributed by atoms with Gasteiger partial charge in [0.05, 0.1) is 23.2 Å². The number of nitro benzene ring substituents is 1. The highest BCUT2D eigenvalue weighted by Gasteiger charge is 2.43. The van der Waals surface area contributed by atoms with E-state index in [1.54, 1.807) is 0 Å². The molecule has 1 aromatic rings. The van der Waals surface area contributed by atoms with Crippen LogP contribution in [0.15, 0.2) is 23.1 Å². The van der Waals surface area contributed by atoms with Gasteiger partial charge in [0, 0.05) is 11.8 Å². The number of sulfonamides is 1. The highest BCUT2D eigenvalue weighted by molar-refractivity contribution is 7.89. The zero-order valence-corrected chi connectivity index (χ0v) is 11.9. The fourth-order valence-electron chi connectivity index (χ4n) is 2.93. The van der Waals surface area contributed by atoms with E-state index in [0.29, 0.717) is 6.42 Å². The Labute approximate surface area is 121 Å². The minimum Gasteiger partial charge on any atom is -0.399 e. The first kappa shape index (κ1) is 14.2. The second kappa shape index (κ2) is 4.93. The van der Waals surface area contributed by atoms with E-state index in [2.05, 4.69) is 4.72 Å². The first-order valence-electron chi connectivity index (χ1n) is 6.58. The van der Waals surface area contributed by atoms with Crippen molar-refractivity contribution in [3.63, 3.8) is 0 Å². The van der Waals surface area contributed by atoms with Crippen molar-refractivity contribution >= 4 is 21.4 Å². The monoisotopic (exact) mass is 313 g/mol. The van der Waals surface area contributed by atoms with Gasteiger partial charge in [-0.25, -0.2) is 13.1 Å². The van der Waals surface area contributed by atoms with Crippen LogP contribution in [0.2, 0.25) is 0 Å². The third kappa shape index (κ3) is 2.59. The van der Waals surface area contributed by atoms with Crippen molar-refractivity contribution in [2.24, 2.45) is 0 Å². The second-order valence-corrected chi connectivity index (χ2v) is 7.00. The fraction of sp³-hybridized carbons (Fsp3) is 0.500. The number of nitrogens with one attached hydrogen (secondary N) is 1. The molecule has 3 rings (SSSR count). The quantitative estimate of drug-likeness (QED) is 0.480. The van der Waals surface area contributed by atoms with E-state index in [0.717, 1.165) is 25.0 Å². The second-order valence-electron chi connectivity index (χ2n) is 5.32. The average Bonchev–Trinajstić information content (AvgIpc) is 2.99. The van der Waals surface area contributed by atoms with Crippen LogP contribution >= 0.6 is 0 Å². The number of anilines is 1. The molecule has 3 atom stereocenters. The predicted molar refractivity (Wildman–Crippen MR) is 74.1 cm³/mol. The van der Waals surface area contributed by atoms with E-state index < -0.39 is 20.6 Å². The van der Waals surface area contributed by atoms with E-state index in [1.165, 1.54) is 6.07 Å². The molecule has 2 bridgehead atoms. The Morgan fingerprint density at radius 3 is 2.71 bits per heavy atom. The number of fused-ring (bicyclic) bond motifs is 2. The van der Waals surface area contributed by atoms with Crippen molar-refractivity contribution in [3.05, 3.63) is 28.3 Å². The molecule has 2 aliphatic heterocycles. The maximum Gasteiger partial charge on any atom is 0.291 e. The molecular weight excluding hydrogens is 298 g/mol. The summed E-state index contributed by atoms with van der Waals surface area (Å²) in [5, 5.41) is 11.0. The molecule has 2 heterocycles. The molecule has 3 unspecified atom stereocenters. The first-order chi connectivity index (χ1) is 9.87. The summed E-state index contributed by atoms with van der Waals surface area (Å²) in [6.45, 7) is 0. The van der Waals surface area contributed by atoms with Crippen LogP contribution in [-0.2, 0) is 14.8 Å². The number of nitro groups is 1. The molecule has 2 fully saturated rings. The summed E-state index contributed by atoms with van der Waals surface area (Å²) in [5.74, 6) is 0. The zero-order valence-electron chi connectivity index (χ0n) is 11.1. The highest BCUT2D eigenvalue weighted by atomic mass is 32.2. The number of hydrogen-bond acceptors (Lipinski definition) is 6. The number of rotatable bonds is 4. The van der Waals surface area contributed by atoms with Crippen LogP contribution in [0, 0.1) is 10.1 Å². The van der Waals surface area contributed by atoms with E-state index in [9.17, 15) is 18.5 Å². The molecule has 0 aliphatic carbocycles. The third-order valence-corrected chi connectivity index (χ3v) is 5.42. The number of nitrogens with zero attached hydrogens (tertiary/aromatic N) is 1. The van der Waals surface area contributed by atoms with Gasteiger partial charge >= 0.3 is 0 Å². The summed E-state index contributed by atoms with van der Waals surface area (Å²) in [6.07, 6.45) is 2.29. The number of ether oxygens (including phenoxy) is 1. The SMILES string of the molecule is Nc1ccc(S(=O)(=O)NC2CC3CCC2O3)c([N+](=O)[O-])c1. The molecule has 0 amide bonds. The summed E-state index contributed by atoms with van der Waals surface area (Å²) < 4.78 is 32.9. The zero-order chi connectivity index (χ0) is 15.2. The Kier molecular flexibility index (Phi) is 3.34. The molecule has 0 radical (unpaired) electrons. The lowest BCUT2D eigenvalue weighted by Gasteiger charge is -2.19. The Hall–Kier alpha value is -1.71. The number of hydrogen-bond donors (Lipinski definition) is 2. The highest BCUT2D eigenvalue weighted by Crippen LogP contribution is 2.35. The molecular formula is C12H15N3O5S. The van der Waals surface area contributed by atoms with Crippen LogP contribution in [0.3, 0.4) is 0 Å². The lowest BCUT2D eigenvalue weighted by atomic mass is 9.96. The maximum atomic E-state index is 12.4. The van der Waals surface area contributed by atoms with Gasteiger partial charge in [-0.1, -0.05) is 0 Å². The Morgan fingerprint density at radius 1 is 1.38 bits per heavy atom. The molecule has 2 aliphatic rings. The summed E-state index contributed by atoms with van der Waals surface area (Å²) in [4.78, 5) is 9.90. The van der Waals surface area contributed by atoms with Crippen molar-refractivity contribution < 1.29 is 18.1 Å². The molecule has 114 valence electrons. The lowest BCUT2D eigenvalue weighted by Crippen LogP contribution is -2.41. The molecule has 3 N–H and O–H groups in total. The number of benzene rings is 1. The van der Waals surface area contributed by atoms with Crippen molar-refractivity contribution in [2.45, 2.75) is 42.4 Å². The Morgan fingerprint density at radius 2 is 2.14 bits per heavy atom. The summed E-state index contributed by atoms with van der Waals surface area (Å²) in [6, 6.07) is 3.21. The van der Waals surface area contributed by atoms with Gasteiger partial charge in [-0.05, 0) is 31.4 Å². The van der Waals surface area contributed by atoms with Gasteiger partial charge in [-0.2, -0.15) is 0 Å². The summed E-state index contributed by atoms with van der Waals surface area (Å²) in [7, 11) is -3.99. The van der Waals surface area contributed by atoms with E-state index in [1.807, 2.05) is 0 Å². The molecule has 8 nitrogen and oxygen atoms in total. The lowest BCUT2D eigenvalue weighted by molar-refractivity contribution is -0.387. The Balaban J connectivity index is 1.90. The smallest absolute Gasteiger partial charge is 0.291 e. The first-order valence-corrected chi connectivity index (χ1v) is 8.07. The van der Waals surface area contributed by atoms with Gasteiger partial charge in [-0.15, -0.1) is 0 Å². The average molecular weight is 313 g/mol. The van der Waals surface area contributed by atoms with Gasteiger partial charge in [-0.3, -0.25) is 10.1 Å². The standard InChI is InChI=1S/C12H15N3O5S/c13-7-1-4-12(10(5-7)15(16)17)21(18,19)14-9-6-8-2-3-11(9)20-8/h1,4-5,8-9,11,14H,2-3,6,13H2. The molecule has 9 heteroatoms. The maximum absolute atomic E-state index is 12.4. The minimum atomic E-state index is -3.99. The molecule has 0 aromatic heterocycles. The van der Waals surface area contributed by atoms with Crippen LogP contribution in [0.25, 0.3) is 0 Å². The van der Waals surface area contributed by atoms with Crippen LogP contribution in [0.5, 0.6) is 0 Å². The normalized spacial score (nSPS) is 27.9. The van der Waals surface area contributed by atoms with Gasteiger partial charge in [0.25, 0.3) is 5.69 Å². The molecule has 1 aromatic carbocycles. The summed E-state index contributed by atoms with van der Waals surface area (Å²) >= 11 is 0. The van der Waals surface area contributed by atoms with Crippen LogP contribution in [0.4, 0.5) is 11.4 Å². The topological polar surface area (TPSA) is 125 Å². The minimum absolute atomic E-state index is 0.0871. The van der Waals surface area contributed by atoms with Crippen LogP contribution < -0.4 is 10.5 Å². The van der Waals surface area contributed by atoms with Gasteiger partial charge < -0.3 is 10.5 Å². The van der Waals surface area contributed by atoms with Crippen molar-refractivity contribution in [2.75, 3.05) is 5.73 Å². The van der Waals surface area contributed by atoms with Crippen molar-refractivity contribution in [1.82, 2.24) is 4.72 Å².